The summed E-state index contributed by atoms with van der Waals surface area (Å²) < 4.78 is 0. The second-order valence-electron chi connectivity index (χ2n) is 6.06. The molecule has 5 heteroatoms. The predicted octanol–water partition coefficient (Wildman–Crippen LogP) is 1.12. The van der Waals surface area contributed by atoms with Gasteiger partial charge in [0.15, 0.2) is 0 Å². The Bertz CT molecular complexity index is 346. The predicted molar refractivity (Wildman–Crippen MR) is 80.0 cm³/mol. The van der Waals surface area contributed by atoms with E-state index in [2.05, 4.69) is 5.32 Å². The Hall–Kier alpha value is -1.10. The lowest BCUT2D eigenvalue weighted by Gasteiger charge is -2.31. The lowest BCUT2D eigenvalue weighted by Crippen LogP contribution is -2.48. The minimum absolute atomic E-state index is 0.0329. The number of carbonyl (C=O) groups is 2. The minimum Gasteiger partial charge on any atom is -0.344 e. The third-order valence-electron chi connectivity index (χ3n) is 4.46. The highest BCUT2D eigenvalue weighted by Gasteiger charge is 2.30. The fourth-order valence-electron chi connectivity index (χ4n) is 2.83. The van der Waals surface area contributed by atoms with Crippen molar-refractivity contribution in [1.82, 2.24) is 10.2 Å². The molecule has 1 fully saturated rings. The van der Waals surface area contributed by atoms with E-state index in [1.165, 1.54) is 0 Å². The van der Waals surface area contributed by atoms with E-state index in [0.717, 1.165) is 25.7 Å². The maximum atomic E-state index is 12.3. The monoisotopic (exact) mass is 283 g/mol. The van der Waals surface area contributed by atoms with Crippen LogP contribution in [0.25, 0.3) is 0 Å². The first kappa shape index (κ1) is 17.0. The van der Waals surface area contributed by atoms with E-state index in [4.69, 9.17) is 5.73 Å². The summed E-state index contributed by atoms with van der Waals surface area (Å²) in [4.78, 5) is 25.8. The average Bonchev–Trinajstić information content (AvgIpc) is 2.44. The SMILES string of the molecule is CCN(C)C(=O)C(C)NC(=O)C(C)C1CCCC(N)C1. The van der Waals surface area contributed by atoms with Crippen molar-refractivity contribution >= 4 is 11.8 Å². The van der Waals surface area contributed by atoms with Gasteiger partial charge >= 0.3 is 0 Å². The van der Waals surface area contributed by atoms with E-state index in [0.29, 0.717) is 12.5 Å². The van der Waals surface area contributed by atoms with Crippen LogP contribution >= 0.6 is 0 Å². The van der Waals surface area contributed by atoms with Gasteiger partial charge in [-0.05, 0) is 39.0 Å². The van der Waals surface area contributed by atoms with Crippen molar-refractivity contribution in [3.8, 4) is 0 Å². The number of likely N-dealkylation sites (N-methyl/N-ethyl adjacent to an activating group) is 1. The van der Waals surface area contributed by atoms with Gasteiger partial charge in [-0.15, -0.1) is 0 Å². The summed E-state index contributed by atoms with van der Waals surface area (Å²) >= 11 is 0. The highest BCUT2D eigenvalue weighted by atomic mass is 16.2. The molecule has 0 aliphatic heterocycles. The summed E-state index contributed by atoms with van der Waals surface area (Å²) in [5.41, 5.74) is 5.98. The highest BCUT2D eigenvalue weighted by Crippen LogP contribution is 2.29. The van der Waals surface area contributed by atoms with Crippen LogP contribution in [0, 0.1) is 11.8 Å². The van der Waals surface area contributed by atoms with Gasteiger partial charge < -0.3 is 16.0 Å². The van der Waals surface area contributed by atoms with Gasteiger partial charge in [-0.1, -0.05) is 13.3 Å². The topological polar surface area (TPSA) is 75.4 Å². The molecule has 0 aromatic heterocycles. The second-order valence-corrected chi connectivity index (χ2v) is 6.06. The molecule has 1 aliphatic rings. The van der Waals surface area contributed by atoms with Crippen molar-refractivity contribution in [3.05, 3.63) is 0 Å². The van der Waals surface area contributed by atoms with Crippen LogP contribution in [0.4, 0.5) is 0 Å². The molecule has 5 nitrogen and oxygen atoms in total. The molecule has 3 N–H and O–H groups in total. The number of amides is 2. The first-order valence-electron chi connectivity index (χ1n) is 7.67. The van der Waals surface area contributed by atoms with Crippen molar-refractivity contribution in [1.29, 1.82) is 0 Å². The maximum absolute atomic E-state index is 12.3. The number of carbonyl (C=O) groups excluding carboxylic acids is 2. The largest absolute Gasteiger partial charge is 0.344 e. The van der Waals surface area contributed by atoms with Crippen LogP contribution in [0.15, 0.2) is 0 Å². The first-order valence-corrected chi connectivity index (χ1v) is 7.67. The van der Waals surface area contributed by atoms with Crippen LogP contribution in [0.5, 0.6) is 0 Å². The molecule has 4 unspecified atom stereocenters. The van der Waals surface area contributed by atoms with Crippen molar-refractivity contribution in [3.63, 3.8) is 0 Å². The van der Waals surface area contributed by atoms with E-state index in [9.17, 15) is 9.59 Å². The second kappa shape index (κ2) is 7.62. The molecule has 0 aromatic carbocycles. The van der Waals surface area contributed by atoms with E-state index in [1.54, 1.807) is 18.9 Å². The van der Waals surface area contributed by atoms with Gasteiger partial charge in [0.1, 0.15) is 6.04 Å². The summed E-state index contributed by atoms with van der Waals surface area (Å²) in [5.74, 6) is 0.177. The van der Waals surface area contributed by atoms with Crippen molar-refractivity contribution in [2.75, 3.05) is 13.6 Å². The summed E-state index contributed by atoms with van der Waals surface area (Å²) in [6.45, 7) is 6.25. The number of rotatable bonds is 5. The summed E-state index contributed by atoms with van der Waals surface area (Å²) in [6.07, 6.45) is 4.11. The molecule has 4 atom stereocenters. The van der Waals surface area contributed by atoms with Gasteiger partial charge in [0.05, 0.1) is 0 Å². The Morgan fingerprint density at radius 3 is 2.55 bits per heavy atom. The third-order valence-corrected chi connectivity index (χ3v) is 4.46. The standard InChI is InChI=1S/C15H29N3O2/c1-5-18(4)15(20)11(3)17-14(19)10(2)12-7-6-8-13(16)9-12/h10-13H,5-9,16H2,1-4H3,(H,17,19). The van der Waals surface area contributed by atoms with Crippen molar-refractivity contribution < 1.29 is 9.59 Å². The molecule has 0 aromatic rings. The number of nitrogens with zero attached hydrogens (tertiary/aromatic N) is 1. The summed E-state index contributed by atoms with van der Waals surface area (Å²) in [5, 5.41) is 2.84. The first-order chi connectivity index (χ1) is 9.36. The minimum atomic E-state index is -0.466. The number of hydrogen-bond acceptors (Lipinski definition) is 3. The van der Waals surface area contributed by atoms with Crippen LogP contribution in [0.1, 0.15) is 46.5 Å². The van der Waals surface area contributed by atoms with Gasteiger partial charge in [-0.25, -0.2) is 0 Å². The van der Waals surface area contributed by atoms with Gasteiger partial charge in [0.2, 0.25) is 11.8 Å². The third kappa shape index (κ3) is 4.47. The van der Waals surface area contributed by atoms with Crippen LogP contribution in [0.2, 0.25) is 0 Å². The average molecular weight is 283 g/mol. The fraction of sp³-hybridized carbons (Fsp3) is 0.867. The van der Waals surface area contributed by atoms with Crippen LogP contribution in [-0.2, 0) is 9.59 Å². The fourth-order valence-corrected chi connectivity index (χ4v) is 2.83. The molecule has 1 saturated carbocycles. The zero-order valence-electron chi connectivity index (χ0n) is 13.2. The molecule has 116 valence electrons. The Kier molecular flexibility index (Phi) is 6.46. The molecule has 0 spiro atoms. The quantitative estimate of drug-likeness (QED) is 0.794. The van der Waals surface area contributed by atoms with Crippen molar-refractivity contribution in [2.45, 2.75) is 58.5 Å². The summed E-state index contributed by atoms with van der Waals surface area (Å²) in [7, 11) is 1.74. The molecule has 0 radical (unpaired) electrons. The molecule has 0 bridgehead atoms. The molecular weight excluding hydrogens is 254 g/mol. The molecule has 0 heterocycles. The molecular formula is C15H29N3O2. The van der Waals surface area contributed by atoms with E-state index in [-0.39, 0.29) is 23.8 Å². The molecule has 1 rings (SSSR count). The van der Waals surface area contributed by atoms with E-state index >= 15 is 0 Å². The lowest BCUT2D eigenvalue weighted by atomic mass is 9.78. The number of nitrogens with one attached hydrogen (secondary N) is 1. The Morgan fingerprint density at radius 1 is 1.35 bits per heavy atom. The van der Waals surface area contributed by atoms with Crippen LogP contribution < -0.4 is 11.1 Å². The van der Waals surface area contributed by atoms with Crippen LogP contribution in [-0.4, -0.2) is 42.4 Å². The van der Waals surface area contributed by atoms with Gasteiger partial charge in [0.25, 0.3) is 0 Å². The van der Waals surface area contributed by atoms with Gasteiger partial charge in [0, 0.05) is 25.6 Å². The Balaban J connectivity index is 2.50. The van der Waals surface area contributed by atoms with E-state index in [1.807, 2.05) is 13.8 Å². The zero-order valence-corrected chi connectivity index (χ0v) is 13.2. The van der Waals surface area contributed by atoms with Crippen molar-refractivity contribution in [2.24, 2.45) is 17.6 Å². The Morgan fingerprint density at radius 2 is 2.00 bits per heavy atom. The normalized spacial score (nSPS) is 25.6. The van der Waals surface area contributed by atoms with Crippen LogP contribution in [0.3, 0.4) is 0 Å². The molecule has 2 amide bonds. The molecule has 1 aliphatic carbocycles. The zero-order chi connectivity index (χ0) is 15.3. The van der Waals surface area contributed by atoms with E-state index < -0.39 is 6.04 Å². The maximum Gasteiger partial charge on any atom is 0.244 e. The molecule has 0 saturated heterocycles. The van der Waals surface area contributed by atoms with Gasteiger partial charge in [-0.2, -0.15) is 0 Å². The Labute approximate surface area is 122 Å². The summed E-state index contributed by atoms with van der Waals surface area (Å²) in [6, 6.07) is -0.249. The molecule has 20 heavy (non-hydrogen) atoms. The number of nitrogens with two attached hydrogens (primary N) is 1. The van der Waals surface area contributed by atoms with Gasteiger partial charge in [-0.3, -0.25) is 9.59 Å². The number of hydrogen-bond donors (Lipinski definition) is 2. The smallest absolute Gasteiger partial charge is 0.244 e. The highest BCUT2D eigenvalue weighted by molar-refractivity contribution is 5.88. The lowest BCUT2D eigenvalue weighted by molar-refractivity contribution is -0.136.